The van der Waals surface area contributed by atoms with Crippen LogP contribution in [0.3, 0.4) is 0 Å². The molecule has 0 spiro atoms. The Morgan fingerprint density at radius 2 is 2.36 bits per heavy atom. The topological polar surface area (TPSA) is 54.7 Å². The van der Waals surface area contributed by atoms with Gasteiger partial charge in [0.25, 0.3) is 0 Å². The molecule has 2 aromatic rings. The fraction of sp³-hybridized carbons (Fsp3) is 0.300. The molecular weight excluding hydrogens is 181 g/mol. The van der Waals surface area contributed by atoms with Gasteiger partial charge in [0.05, 0.1) is 5.52 Å². The van der Waals surface area contributed by atoms with Gasteiger partial charge in [-0.3, -0.25) is 0 Å². The SMILES string of the molecule is CC(N)Cc1nc2c(F)cccc2[nH]1. The number of hydrogen-bond donors (Lipinski definition) is 2. The van der Waals surface area contributed by atoms with Crippen LogP contribution in [0.1, 0.15) is 12.7 Å². The van der Waals surface area contributed by atoms with Gasteiger partial charge >= 0.3 is 0 Å². The maximum atomic E-state index is 13.2. The van der Waals surface area contributed by atoms with Gasteiger partial charge in [-0.25, -0.2) is 9.37 Å². The number of hydrogen-bond acceptors (Lipinski definition) is 2. The fourth-order valence-electron chi connectivity index (χ4n) is 1.45. The number of nitrogens with two attached hydrogens (primary N) is 1. The Morgan fingerprint density at radius 3 is 3.00 bits per heavy atom. The van der Waals surface area contributed by atoms with E-state index in [4.69, 9.17) is 5.73 Å². The van der Waals surface area contributed by atoms with Crippen LogP contribution in [-0.2, 0) is 6.42 Å². The molecule has 0 fully saturated rings. The standard InChI is InChI=1S/C10H12FN3/c1-6(12)5-9-13-8-4-2-3-7(11)10(8)14-9/h2-4,6H,5,12H2,1H3,(H,13,14). The van der Waals surface area contributed by atoms with E-state index in [0.717, 1.165) is 11.3 Å². The third kappa shape index (κ3) is 1.61. The predicted octanol–water partition coefficient (Wildman–Crippen LogP) is 1.59. The molecular formula is C10H12FN3. The summed E-state index contributed by atoms with van der Waals surface area (Å²) in [6, 6.07) is 4.89. The highest BCUT2D eigenvalue weighted by molar-refractivity contribution is 5.75. The number of benzene rings is 1. The number of nitrogens with one attached hydrogen (secondary N) is 1. The van der Waals surface area contributed by atoms with E-state index in [2.05, 4.69) is 9.97 Å². The van der Waals surface area contributed by atoms with Gasteiger partial charge in [0.15, 0.2) is 5.82 Å². The molecule has 0 aliphatic heterocycles. The summed E-state index contributed by atoms with van der Waals surface area (Å²) >= 11 is 0. The minimum absolute atomic E-state index is 0.0265. The molecule has 0 bridgehead atoms. The number of H-pyrrole nitrogens is 1. The zero-order valence-electron chi connectivity index (χ0n) is 7.92. The van der Waals surface area contributed by atoms with Gasteiger partial charge < -0.3 is 10.7 Å². The van der Waals surface area contributed by atoms with Gasteiger partial charge in [0.1, 0.15) is 11.3 Å². The lowest BCUT2D eigenvalue weighted by Crippen LogP contribution is -2.18. The van der Waals surface area contributed by atoms with E-state index in [0.29, 0.717) is 11.9 Å². The minimum Gasteiger partial charge on any atom is -0.342 e. The van der Waals surface area contributed by atoms with Gasteiger partial charge in [-0.15, -0.1) is 0 Å². The van der Waals surface area contributed by atoms with E-state index in [1.54, 1.807) is 12.1 Å². The maximum Gasteiger partial charge on any atom is 0.151 e. The average molecular weight is 193 g/mol. The molecule has 1 heterocycles. The van der Waals surface area contributed by atoms with Crippen LogP contribution < -0.4 is 5.73 Å². The van der Waals surface area contributed by atoms with Crippen LogP contribution in [-0.4, -0.2) is 16.0 Å². The number of aromatic nitrogens is 2. The molecule has 1 unspecified atom stereocenters. The highest BCUT2D eigenvalue weighted by Gasteiger charge is 2.07. The molecule has 0 aliphatic carbocycles. The molecule has 1 aromatic heterocycles. The number of para-hydroxylation sites is 1. The number of rotatable bonds is 2. The first-order valence-electron chi connectivity index (χ1n) is 4.55. The molecule has 3 nitrogen and oxygen atoms in total. The van der Waals surface area contributed by atoms with Crippen molar-refractivity contribution in [3.63, 3.8) is 0 Å². The summed E-state index contributed by atoms with van der Waals surface area (Å²) in [7, 11) is 0. The van der Waals surface area contributed by atoms with Crippen LogP contribution in [0.25, 0.3) is 11.0 Å². The summed E-state index contributed by atoms with van der Waals surface area (Å²) in [6.07, 6.45) is 0.633. The first-order chi connectivity index (χ1) is 6.66. The lowest BCUT2D eigenvalue weighted by molar-refractivity contribution is 0.636. The number of nitrogens with zero attached hydrogens (tertiary/aromatic N) is 1. The molecule has 2 rings (SSSR count). The second-order valence-electron chi connectivity index (χ2n) is 3.50. The van der Waals surface area contributed by atoms with Crippen molar-refractivity contribution in [2.75, 3.05) is 0 Å². The molecule has 74 valence electrons. The van der Waals surface area contributed by atoms with Gasteiger partial charge in [0, 0.05) is 12.5 Å². The number of imidazole rings is 1. The second-order valence-corrected chi connectivity index (χ2v) is 3.50. The van der Waals surface area contributed by atoms with Gasteiger partial charge in [-0.2, -0.15) is 0 Å². The number of aromatic amines is 1. The summed E-state index contributed by atoms with van der Waals surface area (Å²) in [5, 5.41) is 0. The summed E-state index contributed by atoms with van der Waals surface area (Å²) in [6.45, 7) is 1.89. The highest BCUT2D eigenvalue weighted by atomic mass is 19.1. The van der Waals surface area contributed by atoms with Crippen molar-refractivity contribution in [3.05, 3.63) is 29.8 Å². The first kappa shape index (κ1) is 9.15. The minimum atomic E-state index is -0.297. The Morgan fingerprint density at radius 1 is 1.57 bits per heavy atom. The van der Waals surface area contributed by atoms with Crippen molar-refractivity contribution in [3.8, 4) is 0 Å². The van der Waals surface area contributed by atoms with Crippen molar-refractivity contribution in [1.29, 1.82) is 0 Å². The molecule has 14 heavy (non-hydrogen) atoms. The fourth-order valence-corrected chi connectivity index (χ4v) is 1.45. The Balaban J connectivity index is 2.46. The van der Waals surface area contributed by atoms with Crippen LogP contribution in [0, 0.1) is 5.82 Å². The summed E-state index contributed by atoms with van der Waals surface area (Å²) in [5.41, 5.74) is 6.75. The molecule has 1 aromatic carbocycles. The largest absolute Gasteiger partial charge is 0.342 e. The zero-order valence-corrected chi connectivity index (χ0v) is 7.92. The smallest absolute Gasteiger partial charge is 0.151 e. The van der Waals surface area contributed by atoms with Crippen LogP contribution >= 0.6 is 0 Å². The molecule has 0 saturated heterocycles. The number of halogens is 1. The van der Waals surface area contributed by atoms with E-state index in [1.807, 2.05) is 6.92 Å². The third-order valence-corrected chi connectivity index (χ3v) is 2.03. The highest BCUT2D eigenvalue weighted by Crippen LogP contribution is 2.15. The summed E-state index contributed by atoms with van der Waals surface area (Å²) < 4.78 is 13.2. The van der Waals surface area contributed by atoms with E-state index in [-0.39, 0.29) is 11.9 Å². The first-order valence-corrected chi connectivity index (χ1v) is 4.55. The lowest BCUT2D eigenvalue weighted by Gasteiger charge is -1.98. The maximum absolute atomic E-state index is 13.2. The van der Waals surface area contributed by atoms with Crippen LogP contribution in [0.15, 0.2) is 18.2 Å². The third-order valence-electron chi connectivity index (χ3n) is 2.03. The number of fused-ring (bicyclic) bond motifs is 1. The van der Waals surface area contributed by atoms with E-state index >= 15 is 0 Å². The molecule has 0 saturated carbocycles. The van der Waals surface area contributed by atoms with Gasteiger partial charge in [-0.1, -0.05) is 6.07 Å². The molecule has 4 heteroatoms. The normalized spacial score (nSPS) is 13.4. The van der Waals surface area contributed by atoms with Gasteiger partial charge in [-0.05, 0) is 19.1 Å². The lowest BCUT2D eigenvalue weighted by atomic mass is 10.2. The van der Waals surface area contributed by atoms with Crippen LogP contribution in [0.4, 0.5) is 4.39 Å². The summed E-state index contributed by atoms with van der Waals surface area (Å²) in [5.74, 6) is 0.440. The van der Waals surface area contributed by atoms with E-state index in [1.165, 1.54) is 6.07 Å². The Kier molecular flexibility index (Phi) is 2.21. The molecule has 0 radical (unpaired) electrons. The van der Waals surface area contributed by atoms with Crippen molar-refractivity contribution >= 4 is 11.0 Å². The molecule has 0 aliphatic rings. The quantitative estimate of drug-likeness (QED) is 0.761. The van der Waals surface area contributed by atoms with Crippen molar-refractivity contribution in [2.45, 2.75) is 19.4 Å². The monoisotopic (exact) mass is 193 g/mol. The molecule has 3 N–H and O–H groups in total. The molecule has 1 atom stereocenters. The Bertz CT molecular complexity index is 448. The Hall–Kier alpha value is -1.42. The Labute approximate surface area is 81.1 Å². The average Bonchev–Trinajstić information content (AvgIpc) is 2.47. The molecule has 0 amide bonds. The van der Waals surface area contributed by atoms with Gasteiger partial charge in [0.2, 0.25) is 0 Å². The van der Waals surface area contributed by atoms with Crippen LogP contribution in [0.2, 0.25) is 0 Å². The second kappa shape index (κ2) is 3.38. The predicted molar refractivity (Wildman–Crippen MR) is 53.4 cm³/mol. The zero-order chi connectivity index (χ0) is 10.1. The van der Waals surface area contributed by atoms with Crippen molar-refractivity contribution in [2.24, 2.45) is 5.73 Å². The van der Waals surface area contributed by atoms with Crippen molar-refractivity contribution in [1.82, 2.24) is 9.97 Å². The van der Waals surface area contributed by atoms with E-state index < -0.39 is 0 Å². The van der Waals surface area contributed by atoms with Crippen molar-refractivity contribution < 1.29 is 4.39 Å². The summed E-state index contributed by atoms with van der Waals surface area (Å²) in [4.78, 5) is 7.18. The van der Waals surface area contributed by atoms with E-state index in [9.17, 15) is 4.39 Å². The van der Waals surface area contributed by atoms with Crippen LogP contribution in [0.5, 0.6) is 0 Å².